The van der Waals surface area contributed by atoms with Crippen molar-refractivity contribution in [2.45, 2.75) is 37.0 Å². The van der Waals surface area contributed by atoms with Crippen LogP contribution in [-0.2, 0) is 29.2 Å². The highest BCUT2D eigenvalue weighted by Gasteiger charge is 2.73. The van der Waals surface area contributed by atoms with Crippen molar-refractivity contribution < 1.29 is 48.0 Å². The number of esters is 2. The fourth-order valence-electron chi connectivity index (χ4n) is 5.81. The molecule has 1 fully saturated rings. The van der Waals surface area contributed by atoms with Crippen molar-refractivity contribution in [1.29, 1.82) is 0 Å². The van der Waals surface area contributed by atoms with Gasteiger partial charge in [-0.25, -0.2) is 23.6 Å². The summed E-state index contributed by atoms with van der Waals surface area (Å²) in [5.74, 6) is -6.86. The fourth-order valence-corrected chi connectivity index (χ4v) is 5.81. The molecule has 1 aliphatic heterocycles. The first-order chi connectivity index (χ1) is 21.3. The molecule has 0 radical (unpaired) electrons. The smallest absolute Gasteiger partial charge is 0.353 e. The molecule has 3 aromatic carbocycles. The predicted octanol–water partition coefficient (Wildman–Crippen LogP) is 2.96. The van der Waals surface area contributed by atoms with E-state index in [9.17, 15) is 33.8 Å². The molecule has 0 saturated carbocycles. The number of likely N-dealkylation sites (tertiary alicyclic amines) is 1. The minimum atomic E-state index is -3.17. The molecule has 4 N–H and O–H groups in total. The van der Waals surface area contributed by atoms with E-state index in [-0.39, 0.29) is 42.9 Å². The number of hydrogen-bond donors (Lipinski definition) is 3. The number of hydrogen-bond acceptors (Lipinski definition) is 9. The third kappa shape index (κ3) is 6.44. The molecule has 1 heterocycles. The number of rotatable bonds is 12. The SMILES string of the molecule is COCCN1C[C@@H](N)[C@](c2ccc(F)cc2)([C@](OC(=O)c2ccc(C)cc2)(C(=O)O)C(OC(=O)c2ccc(C)cc2)C(=O)O)C1. The van der Waals surface area contributed by atoms with Gasteiger partial charge < -0.3 is 30.2 Å². The van der Waals surface area contributed by atoms with Gasteiger partial charge in [0.15, 0.2) is 0 Å². The predicted molar refractivity (Wildman–Crippen MR) is 159 cm³/mol. The Balaban J connectivity index is 2.00. The Morgan fingerprint density at radius 1 is 0.933 bits per heavy atom. The van der Waals surface area contributed by atoms with Gasteiger partial charge in [-0.2, -0.15) is 0 Å². The Hall–Kier alpha value is -4.65. The molecule has 45 heavy (non-hydrogen) atoms. The summed E-state index contributed by atoms with van der Waals surface area (Å²) in [6.45, 7) is 3.74. The summed E-state index contributed by atoms with van der Waals surface area (Å²) in [5, 5.41) is 21.7. The number of carboxylic acids is 2. The van der Waals surface area contributed by atoms with Crippen LogP contribution in [0.15, 0.2) is 72.8 Å². The second kappa shape index (κ2) is 13.6. The van der Waals surface area contributed by atoms with Crippen molar-refractivity contribution >= 4 is 23.9 Å². The summed E-state index contributed by atoms with van der Waals surface area (Å²) in [7, 11) is 1.47. The second-order valence-corrected chi connectivity index (χ2v) is 11.1. The van der Waals surface area contributed by atoms with Crippen molar-refractivity contribution in [1.82, 2.24) is 4.90 Å². The van der Waals surface area contributed by atoms with Crippen molar-refractivity contribution in [3.05, 3.63) is 106 Å². The van der Waals surface area contributed by atoms with Gasteiger partial charge in [0.2, 0.25) is 6.10 Å². The second-order valence-electron chi connectivity index (χ2n) is 11.1. The van der Waals surface area contributed by atoms with Crippen LogP contribution in [0, 0.1) is 19.7 Å². The normalized spacial score (nSPS) is 20.2. The van der Waals surface area contributed by atoms with Crippen molar-refractivity contribution in [2.75, 3.05) is 33.4 Å². The van der Waals surface area contributed by atoms with Crippen molar-refractivity contribution in [3.8, 4) is 0 Å². The molecule has 4 atom stereocenters. The van der Waals surface area contributed by atoms with Gasteiger partial charge in [-0.1, -0.05) is 47.5 Å². The van der Waals surface area contributed by atoms with E-state index in [0.717, 1.165) is 23.3 Å². The Bertz CT molecular complexity index is 1550. The highest BCUT2D eigenvalue weighted by atomic mass is 19.1. The zero-order valence-corrected chi connectivity index (χ0v) is 25.1. The van der Waals surface area contributed by atoms with Crippen LogP contribution in [0.5, 0.6) is 0 Å². The van der Waals surface area contributed by atoms with E-state index in [0.29, 0.717) is 0 Å². The molecule has 1 unspecified atom stereocenters. The summed E-state index contributed by atoms with van der Waals surface area (Å²) in [5.41, 5.74) is 2.99. The van der Waals surface area contributed by atoms with E-state index in [1.807, 2.05) is 0 Å². The molecule has 1 aliphatic rings. The Kier molecular flexibility index (Phi) is 10.0. The van der Waals surface area contributed by atoms with Crippen LogP contribution in [0.4, 0.5) is 4.39 Å². The lowest BCUT2D eigenvalue weighted by Crippen LogP contribution is -2.73. The first kappa shape index (κ1) is 33.2. The van der Waals surface area contributed by atoms with Crippen LogP contribution in [0.25, 0.3) is 0 Å². The third-order valence-electron chi connectivity index (χ3n) is 8.16. The van der Waals surface area contributed by atoms with E-state index >= 15 is 0 Å². The van der Waals surface area contributed by atoms with E-state index in [4.69, 9.17) is 19.9 Å². The minimum Gasteiger partial charge on any atom is -0.478 e. The monoisotopic (exact) mass is 622 g/mol. The van der Waals surface area contributed by atoms with Crippen LogP contribution in [0.3, 0.4) is 0 Å². The first-order valence-corrected chi connectivity index (χ1v) is 14.1. The quantitative estimate of drug-likeness (QED) is 0.254. The largest absolute Gasteiger partial charge is 0.478 e. The molecule has 11 nitrogen and oxygen atoms in total. The van der Waals surface area contributed by atoms with Gasteiger partial charge in [0.1, 0.15) is 5.82 Å². The Morgan fingerprint density at radius 2 is 1.47 bits per heavy atom. The van der Waals surface area contributed by atoms with Gasteiger partial charge in [-0.15, -0.1) is 0 Å². The fraction of sp³-hybridized carbons (Fsp3) is 0.333. The average Bonchev–Trinajstić information content (AvgIpc) is 3.35. The lowest BCUT2D eigenvalue weighted by atomic mass is 9.61. The molecule has 238 valence electrons. The summed E-state index contributed by atoms with van der Waals surface area (Å²) in [4.78, 5) is 55.8. The van der Waals surface area contributed by atoms with Crippen LogP contribution in [0.2, 0.25) is 0 Å². The highest BCUT2D eigenvalue weighted by Crippen LogP contribution is 2.49. The molecular formula is C33H35FN2O9. The number of nitrogens with zero attached hydrogens (tertiary/aromatic N) is 1. The van der Waals surface area contributed by atoms with Gasteiger partial charge in [-0.3, -0.25) is 4.90 Å². The number of nitrogens with two attached hydrogens (primary N) is 1. The highest BCUT2D eigenvalue weighted by molar-refractivity contribution is 5.98. The molecule has 0 aromatic heterocycles. The molecule has 4 rings (SSSR count). The lowest BCUT2D eigenvalue weighted by molar-refractivity contribution is -0.197. The number of methoxy groups -OCH3 is 1. The zero-order valence-electron chi connectivity index (χ0n) is 25.1. The number of carbonyl (C=O) groups is 4. The van der Waals surface area contributed by atoms with Crippen molar-refractivity contribution in [2.24, 2.45) is 5.73 Å². The number of carbonyl (C=O) groups excluding carboxylic acids is 2. The molecule has 0 aliphatic carbocycles. The Labute approximate surface area is 259 Å². The van der Waals surface area contributed by atoms with E-state index in [2.05, 4.69) is 0 Å². The van der Waals surface area contributed by atoms with E-state index in [1.165, 1.54) is 43.5 Å². The number of halogens is 1. The minimum absolute atomic E-state index is 0.0100. The van der Waals surface area contributed by atoms with Gasteiger partial charge in [0.05, 0.1) is 23.1 Å². The molecule has 3 aromatic rings. The van der Waals surface area contributed by atoms with Crippen LogP contribution < -0.4 is 5.73 Å². The van der Waals surface area contributed by atoms with E-state index < -0.39 is 52.9 Å². The topological polar surface area (TPSA) is 166 Å². The molecular weight excluding hydrogens is 587 g/mol. The number of aliphatic carboxylic acids is 2. The van der Waals surface area contributed by atoms with Crippen LogP contribution in [-0.4, -0.2) is 90.1 Å². The number of aryl methyl sites for hydroxylation is 2. The average molecular weight is 623 g/mol. The summed E-state index contributed by atoms with van der Waals surface area (Å²) in [6.07, 6.45) is -2.61. The molecule has 0 bridgehead atoms. The molecule has 0 spiro atoms. The maximum absolute atomic E-state index is 14.2. The van der Waals surface area contributed by atoms with Crippen LogP contribution >= 0.6 is 0 Å². The molecule has 12 heteroatoms. The van der Waals surface area contributed by atoms with Gasteiger partial charge in [-0.05, 0) is 55.8 Å². The maximum Gasteiger partial charge on any atom is 0.353 e. The standard InChI is InChI=1S/C33H35FN2O9/c1-20-4-8-22(9-5-20)29(39)44-27(28(37)38)33(31(41)42,45-30(40)23-10-6-21(2)7-11-23)32(24-12-14-25(34)15-13-24)19-36(16-17-43-3)18-26(32)35/h4-15,26-27H,16-19,35H2,1-3H3,(H,37,38)(H,41,42)/t26-,27?,32+,33-/m1/s1. The maximum atomic E-state index is 14.2. The van der Waals surface area contributed by atoms with Gasteiger partial charge >= 0.3 is 23.9 Å². The van der Waals surface area contributed by atoms with Crippen molar-refractivity contribution in [3.63, 3.8) is 0 Å². The van der Waals surface area contributed by atoms with Crippen LogP contribution in [0.1, 0.15) is 37.4 Å². The summed E-state index contributed by atoms with van der Waals surface area (Å²) < 4.78 is 30.8. The summed E-state index contributed by atoms with van der Waals surface area (Å²) in [6, 6.07) is 15.3. The molecule has 1 saturated heterocycles. The Morgan fingerprint density at radius 3 is 1.96 bits per heavy atom. The first-order valence-electron chi connectivity index (χ1n) is 14.1. The number of benzene rings is 3. The molecule has 0 amide bonds. The van der Waals surface area contributed by atoms with Gasteiger partial charge in [0.25, 0.3) is 5.60 Å². The lowest BCUT2D eigenvalue weighted by Gasteiger charge is -2.48. The zero-order chi connectivity index (χ0) is 32.9. The third-order valence-corrected chi connectivity index (χ3v) is 8.16. The van der Waals surface area contributed by atoms with E-state index in [1.54, 1.807) is 43.0 Å². The number of ether oxygens (including phenoxy) is 3. The number of carboxylic acid groups (broad SMARTS) is 2. The summed E-state index contributed by atoms with van der Waals surface area (Å²) >= 11 is 0. The van der Waals surface area contributed by atoms with Gasteiger partial charge in [0, 0.05) is 32.8 Å².